The van der Waals surface area contributed by atoms with Crippen LogP contribution in [-0.4, -0.2) is 13.4 Å². The smallest absolute Gasteiger partial charge is 0.263 e. The van der Waals surface area contributed by atoms with Crippen LogP contribution in [0.5, 0.6) is 0 Å². The lowest BCUT2D eigenvalue weighted by molar-refractivity contribution is 0.601. The van der Waals surface area contributed by atoms with Gasteiger partial charge in [-0.3, -0.25) is 4.72 Å². The van der Waals surface area contributed by atoms with Gasteiger partial charge in [0, 0.05) is 10.6 Å². The van der Waals surface area contributed by atoms with Gasteiger partial charge in [0.05, 0.1) is 10.6 Å². The first kappa shape index (κ1) is 14.3. The Morgan fingerprint density at radius 2 is 2.19 bits per heavy atom. The third-order valence-corrected chi connectivity index (χ3v) is 6.16. The highest BCUT2D eigenvalue weighted by atomic mass is 32.2. The van der Waals surface area contributed by atoms with Gasteiger partial charge in [0.25, 0.3) is 10.0 Å². The maximum absolute atomic E-state index is 12.4. The number of aryl methyl sites for hydroxylation is 3. The maximum atomic E-state index is 12.4. The molecule has 1 aliphatic rings. The van der Waals surface area contributed by atoms with Crippen molar-refractivity contribution in [3.63, 3.8) is 0 Å². The van der Waals surface area contributed by atoms with E-state index in [1.165, 1.54) is 22.3 Å². The summed E-state index contributed by atoms with van der Waals surface area (Å²) in [5.41, 5.74) is 8.35. The number of nitrogens with one attached hydrogen (secondary N) is 1. The molecule has 0 bridgehead atoms. The van der Waals surface area contributed by atoms with Crippen LogP contribution in [0.2, 0.25) is 0 Å². The summed E-state index contributed by atoms with van der Waals surface area (Å²) in [6.45, 7) is 1.98. The van der Waals surface area contributed by atoms with Crippen molar-refractivity contribution in [1.82, 2.24) is 4.98 Å². The predicted molar refractivity (Wildman–Crippen MR) is 85.2 cm³/mol. The minimum absolute atomic E-state index is 0.174. The Kier molecular flexibility index (Phi) is 3.62. The molecule has 1 aromatic heterocycles. The zero-order valence-corrected chi connectivity index (χ0v) is 13.4. The van der Waals surface area contributed by atoms with Crippen molar-refractivity contribution in [3.8, 4) is 0 Å². The van der Waals surface area contributed by atoms with Crippen molar-refractivity contribution >= 4 is 32.2 Å². The van der Waals surface area contributed by atoms with E-state index in [1.807, 2.05) is 6.92 Å². The van der Waals surface area contributed by atoms with Crippen molar-refractivity contribution in [2.24, 2.45) is 0 Å². The van der Waals surface area contributed by atoms with Gasteiger partial charge in [-0.15, -0.1) is 11.3 Å². The number of nitrogens with two attached hydrogens (primary N) is 1. The molecule has 0 unspecified atom stereocenters. The summed E-state index contributed by atoms with van der Waals surface area (Å²) in [5.74, 6) is 0. The second-order valence-corrected chi connectivity index (χ2v) is 7.83. The lowest BCUT2D eigenvalue weighted by Crippen LogP contribution is -2.13. The highest BCUT2D eigenvalue weighted by Gasteiger charge is 2.21. The minimum Gasteiger partial charge on any atom is -0.398 e. The summed E-state index contributed by atoms with van der Waals surface area (Å²) in [7, 11) is -3.63. The van der Waals surface area contributed by atoms with E-state index >= 15 is 0 Å². The maximum Gasteiger partial charge on any atom is 0.263 e. The number of thiazole rings is 1. The van der Waals surface area contributed by atoms with Crippen molar-refractivity contribution in [2.45, 2.75) is 37.5 Å². The Morgan fingerprint density at radius 3 is 2.86 bits per heavy atom. The summed E-state index contributed by atoms with van der Waals surface area (Å²) >= 11 is 1.42. The van der Waals surface area contributed by atoms with Gasteiger partial charge < -0.3 is 5.73 Å². The summed E-state index contributed by atoms with van der Waals surface area (Å²) in [6.07, 6.45) is 3.81. The second-order valence-electron chi connectivity index (χ2n) is 5.06. The van der Waals surface area contributed by atoms with Crippen molar-refractivity contribution in [1.29, 1.82) is 0 Å². The molecule has 0 spiro atoms. The van der Waals surface area contributed by atoms with E-state index in [0.717, 1.165) is 36.9 Å². The second kappa shape index (κ2) is 5.31. The number of hydrogen-bond donors (Lipinski definition) is 2. The molecule has 0 fully saturated rings. The molecule has 112 valence electrons. The molecule has 5 nitrogen and oxygen atoms in total. The Hall–Kier alpha value is -1.60. The highest BCUT2D eigenvalue weighted by molar-refractivity contribution is 7.93. The van der Waals surface area contributed by atoms with Crippen LogP contribution in [0.3, 0.4) is 0 Å². The number of hydrogen-bond acceptors (Lipinski definition) is 5. The largest absolute Gasteiger partial charge is 0.398 e. The lowest BCUT2D eigenvalue weighted by Gasteiger charge is -2.08. The van der Waals surface area contributed by atoms with E-state index in [2.05, 4.69) is 9.71 Å². The Bertz CT molecular complexity index is 760. The Morgan fingerprint density at radius 1 is 1.38 bits per heavy atom. The third kappa shape index (κ3) is 2.75. The van der Waals surface area contributed by atoms with E-state index in [0.29, 0.717) is 10.8 Å². The average molecular weight is 323 g/mol. The van der Waals surface area contributed by atoms with Crippen LogP contribution in [0.1, 0.15) is 29.5 Å². The topological polar surface area (TPSA) is 85.1 Å². The van der Waals surface area contributed by atoms with Crippen LogP contribution in [0, 0.1) is 0 Å². The molecule has 0 saturated heterocycles. The van der Waals surface area contributed by atoms with Crippen LogP contribution in [-0.2, 0) is 29.3 Å². The Labute approximate surface area is 128 Å². The van der Waals surface area contributed by atoms with Gasteiger partial charge in [0.15, 0.2) is 5.13 Å². The monoisotopic (exact) mass is 323 g/mol. The van der Waals surface area contributed by atoms with E-state index < -0.39 is 10.0 Å². The molecule has 3 rings (SSSR count). The zero-order chi connectivity index (χ0) is 15.0. The van der Waals surface area contributed by atoms with Crippen LogP contribution in [0.25, 0.3) is 0 Å². The fourth-order valence-corrected chi connectivity index (χ4v) is 4.79. The molecule has 0 amide bonds. The van der Waals surface area contributed by atoms with Crippen molar-refractivity contribution in [2.75, 3.05) is 10.5 Å². The van der Waals surface area contributed by atoms with E-state index in [-0.39, 0.29) is 4.90 Å². The summed E-state index contributed by atoms with van der Waals surface area (Å²) in [5, 5.41) is 0.442. The number of nitrogens with zero attached hydrogens (tertiary/aromatic N) is 1. The van der Waals surface area contributed by atoms with Crippen molar-refractivity contribution < 1.29 is 8.42 Å². The third-order valence-electron chi connectivity index (χ3n) is 3.63. The molecule has 0 saturated carbocycles. The minimum atomic E-state index is -3.63. The molecule has 0 radical (unpaired) electrons. The Balaban J connectivity index is 1.87. The molecule has 0 aliphatic heterocycles. The molecule has 1 aliphatic carbocycles. The number of fused-ring (bicyclic) bond motifs is 1. The normalized spacial score (nSPS) is 14.1. The van der Waals surface area contributed by atoms with Gasteiger partial charge in [-0.2, -0.15) is 0 Å². The molecule has 1 heterocycles. The summed E-state index contributed by atoms with van der Waals surface area (Å²) in [4.78, 5) is 5.72. The number of anilines is 2. The number of sulfonamides is 1. The van der Waals surface area contributed by atoms with Gasteiger partial charge in [-0.1, -0.05) is 13.0 Å². The number of rotatable bonds is 4. The lowest BCUT2D eigenvalue weighted by atomic mass is 10.1. The SMILES string of the molecule is CCc1ccc(S(=O)(=O)Nc2nc3c(s2)CCC3)cc1N. The molecule has 0 atom stereocenters. The number of benzene rings is 1. The summed E-state index contributed by atoms with van der Waals surface area (Å²) in [6, 6.07) is 4.84. The molecule has 1 aromatic carbocycles. The molecule has 21 heavy (non-hydrogen) atoms. The van der Waals surface area contributed by atoms with Crippen molar-refractivity contribution in [3.05, 3.63) is 34.3 Å². The quantitative estimate of drug-likeness (QED) is 0.847. The first-order chi connectivity index (χ1) is 9.99. The van der Waals surface area contributed by atoms with Gasteiger partial charge >= 0.3 is 0 Å². The first-order valence-electron chi connectivity index (χ1n) is 6.89. The molecular weight excluding hydrogens is 306 g/mol. The first-order valence-corrected chi connectivity index (χ1v) is 9.19. The standard InChI is InChI=1S/C14H17N3O2S2/c1-2-9-6-7-10(8-11(9)15)21(18,19)17-14-16-12-4-3-5-13(12)20-14/h6-8H,2-5,15H2,1H3,(H,16,17). The van der Waals surface area contributed by atoms with E-state index in [1.54, 1.807) is 12.1 Å². The van der Waals surface area contributed by atoms with Gasteiger partial charge in [0.1, 0.15) is 0 Å². The van der Waals surface area contributed by atoms with Crippen LogP contribution >= 0.6 is 11.3 Å². The molecular formula is C14H17N3O2S2. The van der Waals surface area contributed by atoms with E-state index in [9.17, 15) is 8.42 Å². The van der Waals surface area contributed by atoms with Crippen LogP contribution < -0.4 is 10.5 Å². The zero-order valence-electron chi connectivity index (χ0n) is 11.7. The number of aromatic nitrogens is 1. The van der Waals surface area contributed by atoms with Gasteiger partial charge in [-0.05, 0) is 43.4 Å². The summed E-state index contributed by atoms with van der Waals surface area (Å²) < 4.78 is 27.3. The molecule has 3 N–H and O–H groups in total. The van der Waals surface area contributed by atoms with Gasteiger partial charge in [0.2, 0.25) is 0 Å². The highest BCUT2D eigenvalue weighted by Crippen LogP contribution is 2.31. The van der Waals surface area contributed by atoms with Gasteiger partial charge in [-0.25, -0.2) is 13.4 Å². The van der Waals surface area contributed by atoms with Crippen LogP contribution in [0.4, 0.5) is 10.8 Å². The van der Waals surface area contributed by atoms with Crippen LogP contribution in [0.15, 0.2) is 23.1 Å². The molecule has 7 heteroatoms. The number of nitrogen functional groups attached to an aromatic ring is 1. The van der Waals surface area contributed by atoms with E-state index in [4.69, 9.17) is 5.73 Å². The fraction of sp³-hybridized carbons (Fsp3) is 0.357. The predicted octanol–water partition coefficient (Wildman–Crippen LogP) is 2.58. The molecule has 2 aromatic rings. The fourth-order valence-electron chi connectivity index (χ4n) is 2.47. The average Bonchev–Trinajstić information content (AvgIpc) is 2.99.